The van der Waals surface area contributed by atoms with Gasteiger partial charge in [0.05, 0.1) is 23.9 Å². The first-order valence-electron chi connectivity index (χ1n) is 6.38. The van der Waals surface area contributed by atoms with Crippen LogP contribution in [-0.4, -0.2) is 47.0 Å². The third-order valence-electron chi connectivity index (χ3n) is 3.65. The molecule has 2 aliphatic rings. The number of hydrogen-bond donors (Lipinski definition) is 2. The summed E-state index contributed by atoms with van der Waals surface area (Å²) in [7, 11) is 1.80. The number of ether oxygens (including phenoxy) is 1. The summed E-state index contributed by atoms with van der Waals surface area (Å²) in [6.45, 7) is 1.57. The van der Waals surface area contributed by atoms with Gasteiger partial charge in [0.1, 0.15) is 0 Å². The van der Waals surface area contributed by atoms with E-state index in [1.54, 1.807) is 24.1 Å². The molecule has 19 heavy (non-hydrogen) atoms. The number of aromatic nitrogens is 2. The van der Waals surface area contributed by atoms with Crippen LogP contribution in [0, 0.1) is 0 Å². The summed E-state index contributed by atoms with van der Waals surface area (Å²) >= 11 is 0. The smallest absolute Gasteiger partial charge is 0.254 e. The summed E-state index contributed by atoms with van der Waals surface area (Å²) in [4.78, 5) is 12.0. The second-order valence-electron chi connectivity index (χ2n) is 4.98. The van der Waals surface area contributed by atoms with Crippen LogP contribution < -0.4 is 10.6 Å². The molecule has 0 bridgehead atoms. The van der Waals surface area contributed by atoms with Crippen molar-refractivity contribution in [2.45, 2.75) is 31.0 Å². The van der Waals surface area contributed by atoms with Crippen LogP contribution in [0.4, 0.5) is 0 Å². The van der Waals surface area contributed by atoms with E-state index in [1.807, 2.05) is 0 Å². The molecule has 2 fully saturated rings. The SMILES string of the molecule is Cl.Cn1cc(C(=O)N[C@H]2CN[C@@H]3CCCO[C@H]23)cn1. The average molecular weight is 287 g/mol. The minimum atomic E-state index is -0.0790. The fraction of sp³-hybridized carbons (Fsp3) is 0.667. The van der Waals surface area contributed by atoms with Gasteiger partial charge in [0.25, 0.3) is 5.91 Å². The van der Waals surface area contributed by atoms with Gasteiger partial charge in [0.15, 0.2) is 0 Å². The van der Waals surface area contributed by atoms with Gasteiger partial charge in [-0.15, -0.1) is 12.4 Å². The summed E-state index contributed by atoms with van der Waals surface area (Å²) in [6.07, 6.45) is 5.63. The normalized spacial score (nSPS) is 29.4. The first-order chi connectivity index (χ1) is 8.74. The molecule has 2 saturated heterocycles. The number of rotatable bonds is 2. The highest BCUT2D eigenvalue weighted by atomic mass is 35.5. The third kappa shape index (κ3) is 2.91. The van der Waals surface area contributed by atoms with Gasteiger partial charge in [0, 0.05) is 32.4 Å². The van der Waals surface area contributed by atoms with Crippen LogP contribution in [0.3, 0.4) is 0 Å². The molecular formula is C12H19ClN4O2. The fourth-order valence-corrected chi connectivity index (χ4v) is 2.74. The number of carbonyl (C=O) groups is 1. The maximum absolute atomic E-state index is 12.0. The van der Waals surface area contributed by atoms with Crippen molar-refractivity contribution in [1.82, 2.24) is 20.4 Å². The molecule has 2 aliphatic heterocycles. The molecule has 106 valence electrons. The Kier molecular flexibility index (Phi) is 4.44. The minimum Gasteiger partial charge on any atom is -0.374 e. The van der Waals surface area contributed by atoms with Crippen molar-refractivity contribution in [2.24, 2.45) is 7.05 Å². The van der Waals surface area contributed by atoms with Gasteiger partial charge in [0.2, 0.25) is 0 Å². The Balaban J connectivity index is 0.00000133. The molecule has 1 amide bonds. The zero-order valence-electron chi connectivity index (χ0n) is 10.8. The average Bonchev–Trinajstić information content (AvgIpc) is 2.97. The zero-order valence-corrected chi connectivity index (χ0v) is 11.7. The summed E-state index contributed by atoms with van der Waals surface area (Å²) in [5, 5.41) is 10.4. The lowest BCUT2D eigenvalue weighted by Gasteiger charge is -2.29. The molecule has 7 heteroatoms. The molecule has 0 saturated carbocycles. The molecule has 3 heterocycles. The van der Waals surface area contributed by atoms with E-state index in [2.05, 4.69) is 15.7 Å². The Morgan fingerprint density at radius 1 is 1.63 bits per heavy atom. The van der Waals surface area contributed by atoms with Crippen molar-refractivity contribution >= 4 is 18.3 Å². The summed E-state index contributed by atoms with van der Waals surface area (Å²) in [5.74, 6) is -0.0790. The second-order valence-corrected chi connectivity index (χ2v) is 4.98. The monoisotopic (exact) mass is 286 g/mol. The van der Waals surface area contributed by atoms with Crippen LogP contribution in [0.5, 0.6) is 0 Å². The van der Waals surface area contributed by atoms with E-state index in [0.29, 0.717) is 11.6 Å². The molecular weight excluding hydrogens is 268 g/mol. The van der Waals surface area contributed by atoms with Gasteiger partial charge in [-0.1, -0.05) is 0 Å². The predicted molar refractivity (Wildman–Crippen MR) is 72.5 cm³/mol. The number of aryl methyl sites for hydroxylation is 1. The highest BCUT2D eigenvalue weighted by molar-refractivity contribution is 5.93. The van der Waals surface area contributed by atoms with E-state index in [1.165, 1.54) is 0 Å². The predicted octanol–water partition coefficient (Wildman–Crippen LogP) is 0.0911. The van der Waals surface area contributed by atoms with Gasteiger partial charge in [-0.05, 0) is 12.8 Å². The number of carbonyl (C=O) groups excluding carboxylic acids is 1. The number of fused-ring (bicyclic) bond motifs is 1. The summed E-state index contributed by atoms with van der Waals surface area (Å²) < 4.78 is 7.39. The number of hydrogen-bond acceptors (Lipinski definition) is 4. The van der Waals surface area contributed by atoms with E-state index < -0.39 is 0 Å². The van der Waals surface area contributed by atoms with Crippen LogP contribution >= 0.6 is 12.4 Å². The highest BCUT2D eigenvalue weighted by Crippen LogP contribution is 2.21. The van der Waals surface area contributed by atoms with E-state index in [0.717, 1.165) is 26.0 Å². The molecule has 3 atom stereocenters. The first-order valence-corrected chi connectivity index (χ1v) is 6.38. The zero-order chi connectivity index (χ0) is 12.5. The Morgan fingerprint density at radius 2 is 2.47 bits per heavy atom. The summed E-state index contributed by atoms with van der Waals surface area (Å²) in [5.41, 5.74) is 0.594. The standard InChI is InChI=1S/C12H18N4O2.ClH/c1-16-7-8(5-14-16)12(17)15-10-6-13-9-3-2-4-18-11(9)10;/h5,7,9-11,13H,2-4,6H2,1H3,(H,15,17);1H/t9-,10+,11+;/m1./s1. The number of nitrogens with zero attached hydrogens (tertiary/aromatic N) is 2. The number of nitrogens with one attached hydrogen (secondary N) is 2. The van der Waals surface area contributed by atoms with Gasteiger partial charge >= 0.3 is 0 Å². The van der Waals surface area contributed by atoms with E-state index in [4.69, 9.17) is 4.74 Å². The molecule has 0 aromatic carbocycles. The fourth-order valence-electron chi connectivity index (χ4n) is 2.74. The van der Waals surface area contributed by atoms with E-state index in [9.17, 15) is 4.79 Å². The molecule has 1 aromatic heterocycles. The van der Waals surface area contributed by atoms with Crippen LogP contribution in [0.2, 0.25) is 0 Å². The van der Waals surface area contributed by atoms with Crippen LogP contribution in [0.15, 0.2) is 12.4 Å². The Morgan fingerprint density at radius 3 is 3.21 bits per heavy atom. The van der Waals surface area contributed by atoms with Crippen molar-refractivity contribution in [1.29, 1.82) is 0 Å². The Hall–Kier alpha value is -1.11. The molecule has 2 N–H and O–H groups in total. The lowest BCUT2D eigenvalue weighted by Crippen LogP contribution is -2.47. The lowest BCUT2D eigenvalue weighted by molar-refractivity contribution is -0.00214. The Labute approximate surface area is 118 Å². The minimum absolute atomic E-state index is 0. The van der Waals surface area contributed by atoms with Gasteiger partial charge in [-0.3, -0.25) is 9.48 Å². The van der Waals surface area contributed by atoms with Crippen LogP contribution in [0.1, 0.15) is 23.2 Å². The Bertz CT molecular complexity index is 451. The molecule has 3 rings (SSSR count). The van der Waals surface area contributed by atoms with Crippen LogP contribution in [0.25, 0.3) is 0 Å². The van der Waals surface area contributed by atoms with Gasteiger partial charge in [-0.2, -0.15) is 5.10 Å². The van der Waals surface area contributed by atoms with Gasteiger partial charge < -0.3 is 15.4 Å². The number of amides is 1. The van der Waals surface area contributed by atoms with Crippen molar-refractivity contribution in [2.75, 3.05) is 13.2 Å². The van der Waals surface area contributed by atoms with Gasteiger partial charge in [-0.25, -0.2) is 0 Å². The van der Waals surface area contributed by atoms with Crippen molar-refractivity contribution < 1.29 is 9.53 Å². The maximum Gasteiger partial charge on any atom is 0.254 e. The van der Waals surface area contributed by atoms with Crippen molar-refractivity contribution in [3.63, 3.8) is 0 Å². The molecule has 0 spiro atoms. The molecule has 0 unspecified atom stereocenters. The quantitative estimate of drug-likeness (QED) is 0.809. The first kappa shape index (κ1) is 14.3. The molecule has 0 radical (unpaired) electrons. The lowest BCUT2D eigenvalue weighted by atomic mass is 10.0. The maximum atomic E-state index is 12.0. The van der Waals surface area contributed by atoms with Crippen LogP contribution in [-0.2, 0) is 11.8 Å². The van der Waals surface area contributed by atoms with E-state index in [-0.39, 0.29) is 30.5 Å². The van der Waals surface area contributed by atoms with Crippen molar-refractivity contribution in [3.05, 3.63) is 18.0 Å². The largest absolute Gasteiger partial charge is 0.374 e. The highest BCUT2D eigenvalue weighted by Gasteiger charge is 2.39. The molecule has 1 aromatic rings. The molecule has 0 aliphatic carbocycles. The molecule has 6 nitrogen and oxygen atoms in total. The summed E-state index contributed by atoms with van der Waals surface area (Å²) in [6, 6.07) is 0.445. The third-order valence-corrected chi connectivity index (χ3v) is 3.65. The second kappa shape index (κ2) is 5.90. The topological polar surface area (TPSA) is 68.2 Å². The van der Waals surface area contributed by atoms with Crippen molar-refractivity contribution in [3.8, 4) is 0 Å². The number of halogens is 1. The van der Waals surface area contributed by atoms with E-state index >= 15 is 0 Å².